The average Bonchev–Trinajstić information content (AvgIpc) is 2.45. The minimum absolute atomic E-state index is 0.618. The van der Waals surface area contributed by atoms with Crippen molar-refractivity contribution in [2.75, 3.05) is 13.2 Å². The molecule has 0 spiro atoms. The first-order valence-electron chi connectivity index (χ1n) is 6.59. The predicted molar refractivity (Wildman–Crippen MR) is 73.3 cm³/mol. The second kappa shape index (κ2) is 8.60. The summed E-state index contributed by atoms with van der Waals surface area (Å²) in [5.74, 6) is 0. The quantitative estimate of drug-likeness (QED) is 0.189. The highest BCUT2D eigenvalue weighted by Crippen LogP contribution is 2.48. The van der Waals surface area contributed by atoms with Gasteiger partial charge in [0.2, 0.25) is 0 Å². The van der Waals surface area contributed by atoms with E-state index in [4.69, 9.17) is 20.0 Å². The van der Waals surface area contributed by atoms with Gasteiger partial charge in [0.1, 0.15) is 30.5 Å². The van der Waals surface area contributed by atoms with E-state index in [1.807, 2.05) is 0 Å². The SMILES string of the molecule is O=P(O)(O)OC1CC(O)C(OP(=O)(O)OCC(O)CO)C(O)C1O. The van der Waals surface area contributed by atoms with Gasteiger partial charge in [-0.05, 0) is 0 Å². The maximum Gasteiger partial charge on any atom is 0.472 e. The van der Waals surface area contributed by atoms with E-state index in [9.17, 15) is 29.3 Å². The maximum atomic E-state index is 11.7. The number of rotatable bonds is 8. The van der Waals surface area contributed by atoms with E-state index in [0.29, 0.717) is 0 Å². The van der Waals surface area contributed by atoms with Crippen LogP contribution in [0.25, 0.3) is 0 Å². The van der Waals surface area contributed by atoms with E-state index < -0.39 is 71.9 Å². The lowest BCUT2D eigenvalue weighted by Crippen LogP contribution is -2.57. The summed E-state index contributed by atoms with van der Waals surface area (Å²) in [6.45, 7) is -1.54. The molecule has 0 radical (unpaired) electrons. The lowest BCUT2D eigenvalue weighted by atomic mass is 9.87. The summed E-state index contributed by atoms with van der Waals surface area (Å²) in [5.41, 5.74) is 0. The van der Waals surface area contributed by atoms with Crippen LogP contribution in [0.1, 0.15) is 6.42 Å². The van der Waals surface area contributed by atoms with Gasteiger partial charge < -0.3 is 40.2 Å². The van der Waals surface area contributed by atoms with Crippen molar-refractivity contribution < 1.29 is 62.9 Å². The van der Waals surface area contributed by atoms with Crippen molar-refractivity contribution in [1.82, 2.24) is 0 Å². The van der Waals surface area contributed by atoms with Gasteiger partial charge in [0.25, 0.3) is 0 Å². The Morgan fingerprint density at radius 2 is 1.62 bits per heavy atom. The van der Waals surface area contributed by atoms with Crippen molar-refractivity contribution in [3.63, 3.8) is 0 Å². The van der Waals surface area contributed by atoms with Crippen LogP contribution in [0.5, 0.6) is 0 Å². The molecule has 7 atom stereocenters. The molecule has 0 amide bonds. The molecule has 0 heterocycles. The Balaban J connectivity index is 2.73. The minimum atomic E-state index is -5.01. The van der Waals surface area contributed by atoms with Gasteiger partial charge in [-0.1, -0.05) is 0 Å². The van der Waals surface area contributed by atoms with Crippen molar-refractivity contribution in [2.24, 2.45) is 0 Å². The van der Waals surface area contributed by atoms with Gasteiger partial charge >= 0.3 is 15.6 Å². The highest BCUT2D eigenvalue weighted by atomic mass is 31.2. The first-order valence-corrected chi connectivity index (χ1v) is 9.61. The van der Waals surface area contributed by atoms with E-state index in [1.54, 1.807) is 0 Å². The zero-order chi connectivity index (χ0) is 18.7. The fourth-order valence-corrected chi connectivity index (χ4v) is 3.54. The largest absolute Gasteiger partial charge is 0.472 e. The van der Waals surface area contributed by atoms with Crippen LogP contribution in [0, 0.1) is 0 Å². The molecule has 1 aliphatic rings. The zero-order valence-corrected chi connectivity index (χ0v) is 13.9. The van der Waals surface area contributed by atoms with Crippen molar-refractivity contribution >= 4 is 15.6 Å². The number of aliphatic hydroxyl groups is 5. The van der Waals surface area contributed by atoms with E-state index >= 15 is 0 Å². The van der Waals surface area contributed by atoms with Gasteiger partial charge in [-0.15, -0.1) is 0 Å². The van der Waals surface area contributed by atoms with Crippen molar-refractivity contribution in [3.05, 3.63) is 0 Å². The molecule has 1 saturated carbocycles. The molecule has 7 unspecified atom stereocenters. The Morgan fingerprint density at radius 1 is 1.04 bits per heavy atom. The molecule has 15 heteroatoms. The molecule has 13 nitrogen and oxygen atoms in total. The van der Waals surface area contributed by atoms with E-state index in [1.165, 1.54) is 0 Å². The Labute approximate surface area is 135 Å². The van der Waals surface area contributed by atoms with Crippen LogP contribution in [-0.4, -0.2) is 90.1 Å². The fourth-order valence-electron chi connectivity index (χ4n) is 1.98. The van der Waals surface area contributed by atoms with Crippen LogP contribution >= 0.6 is 15.6 Å². The Morgan fingerprint density at radius 3 is 2.12 bits per heavy atom. The Bertz CT molecular complexity index is 494. The second-order valence-corrected chi connectivity index (χ2v) is 7.69. The van der Waals surface area contributed by atoms with E-state index in [2.05, 4.69) is 13.6 Å². The first kappa shape index (κ1) is 22.1. The van der Waals surface area contributed by atoms with Gasteiger partial charge in [-0.3, -0.25) is 13.6 Å². The Kier molecular flexibility index (Phi) is 7.91. The molecular formula is C9H20O13P2. The number of aliphatic hydroxyl groups excluding tert-OH is 5. The van der Waals surface area contributed by atoms with E-state index in [-0.39, 0.29) is 0 Å². The first-order chi connectivity index (χ1) is 10.9. The molecule has 0 aromatic carbocycles. The standard InChI is InChI=1S/C9H20O13P2/c10-2-4(11)3-20-24(18,19)22-9-5(12)1-6(7(13)8(9)14)21-23(15,16)17/h4-14H,1-3H2,(H,18,19)(H2,15,16,17). The molecule has 1 aliphatic carbocycles. The molecule has 8 N–H and O–H groups in total. The van der Waals surface area contributed by atoms with Gasteiger partial charge in [-0.2, -0.15) is 0 Å². The molecule has 24 heavy (non-hydrogen) atoms. The topological polar surface area (TPSA) is 224 Å². The molecule has 0 aliphatic heterocycles. The Hall–Kier alpha value is 0.0200. The lowest BCUT2D eigenvalue weighted by molar-refractivity contribution is -0.170. The summed E-state index contributed by atoms with van der Waals surface area (Å²) in [6.07, 6.45) is -11.3. The summed E-state index contributed by atoms with van der Waals surface area (Å²) in [4.78, 5) is 26.8. The molecule has 1 rings (SSSR count). The molecule has 0 aromatic heterocycles. The predicted octanol–water partition coefficient (Wildman–Crippen LogP) is -3.19. The monoisotopic (exact) mass is 398 g/mol. The normalized spacial score (nSPS) is 35.4. The van der Waals surface area contributed by atoms with Gasteiger partial charge in [0.05, 0.1) is 19.3 Å². The highest BCUT2D eigenvalue weighted by molar-refractivity contribution is 7.47. The number of phosphoric acid groups is 2. The summed E-state index contributed by atoms with van der Waals surface area (Å²) < 4.78 is 35.5. The van der Waals surface area contributed by atoms with Crippen LogP contribution in [0.3, 0.4) is 0 Å². The molecule has 1 fully saturated rings. The van der Waals surface area contributed by atoms with Crippen LogP contribution in [0.15, 0.2) is 0 Å². The number of hydrogen-bond acceptors (Lipinski definition) is 10. The average molecular weight is 398 g/mol. The number of phosphoric ester groups is 2. The van der Waals surface area contributed by atoms with Crippen molar-refractivity contribution in [1.29, 1.82) is 0 Å². The third-order valence-corrected chi connectivity index (χ3v) is 4.62. The maximum absolute atomic E-state index is 11.7. The third kappa shape index (κ3) is 6.73. The zero-order valence-electron chi connectivity index (χ0n) is 12.1. The molecule has 0 bridgehead atoms. The van der Waals surface area contributed by atoms with Crippen LogP contribution in [0.2, 0.25) is 0 Å². The minimum Gasteiger partial charge on any atom is -0.394 e. The lowest BCUT2D eigenvalue weighted by Gasteiger charge is -2.40. The molecular weight excluding hydrogens is 378 g/mol. The smallest absolute Gasteiger partial charge is 0.394 e. The third-order valence-electron chi connectivity index (χ3n) is 3.09. The summed E-state index contributed by atoms with van der Waals surface area (Å²) in [7, 11) is -9.90. The number of hydrogen-bond donors (Lipinski definition) is 8. The summed E-state index contributed by atoms with van der Waals surface area (Å²) in [6, 6.07) is 0. The van der Waals surface area contributed by atoms with Gasteiger partial charge in [0.15, 0.2) is 0 Å². The van der Waals surface area contributed by atoms with Crippen LogP contribution < -0.4 is 0 Å². The summed E-state index contributed by atoms with van der Waals surface area (Å²) in [5, 5.41) is 47.0. The molecule has 0 saturated heterocycles. The van der Waals surface area contributed by atoms with Gasteiger partial charge in [-0.25, -0.2) is 9.13 Å². The highest BCUT2D eigenvalue weighted by Gasteiger charge is 2.48. The van der Waals surface area contributed by atoms with Crippen LogP contribution in [-0.2, 0) is 22.7 Å². The summed E-state index contributed by atoms with van der Waals surface area (Å²) >= 11 is 0. The van der Waals surface area contributed by atoms with Crippen LogP contribution in [0.4, 0.5) is 0 Å². The van der Waals surface area contributed by atoms with Crippen molar-refractivity contribution in [2.45, 2.75) is 43.0 Å². The van der Waals surface area contributed by atoms with Crippen molar-refractivity contribution in [3.8, 4) is 0 Å². The molecule has 144 valence electrons. The van der Waals surface area contributed by atoms with E-state index in [0.717, 1.165) is 0 Å². The second-order valence-electron chi connectivity index (χ2n) is 5.09. The van der Waals surface area contributed by atoms with Gasteiger partial charge in [0, 0.05) is 6.42 Å². The fraction of sp³-hybridized carbons (Fsp3) is 1.00. The molecule has 0 aromatic rings.